The molecule has 5 rings (SSSR count). The number of nitrogens with one attached hydrogen (secondary N) is 1. The zero-order valence-electron chi connectivity index (χ0n) is 21.3. The highest BCUT2D eigenvalue weighted by Crippen LogP contribution is 2.36. The Balaban J connectivity index is 1.37. The summed E-state index contributed by atoms with van der Waals surface area (Å²) in [6.45, 7) is 3.50. The van der Waals surface area contributed by atoms with Gasteiger partial charge in [0, 0.05) is 31.8 Å². The minimum Gasteiger partial charge on any atom is -0.382 e. The van der Waals surface area contributed by atoms with Gasteiger partial charge < -0.3 is 15.8 Å². The normalized spacial score (nSPS) is 15.0. The number of carbonyl (C=O) groups is 1. The van der Waals surface area contributed by atoms with E-state index in [1.165, 1.54) is 18.5 Å². The van der Waals surface area contributed by atoms with Gasteiger partial charge in [-0.15, -0.1) is 5.11 Å². The van der Waals surface area contributed by atoms with Crippen molar-refractivity contribution in [1.82, 2.24) is 19.5 Å². The van der Waals surface area contributed by atoms with Gasteiger partial charge in [0.25, 0.3) is 0 Å². The third-order valence-corrected chi connectivity index (χ3v) is 6.72. The predicted octanol–water partition coefficient (Wildman–Crippen LogP) is 6.33. The molecule has 1 saturated heterocycles. The summed E-state index contributed by atoms with van der Waals surface area (Å²) in [5.41, 5.74) is 6.98. The van der Waals surface area contributed by atoms with E-state index in [-0.39, 0.29) is 22.2 Å². The molecular weight excluding hydrogens is 568 g/mol. The number of benzene rings is 2. The molecule has 0 unspecified atom stereocenters. The first kappa shape index (κ1) is 28.4. The Bertz CT molecular complexity index is 1620. The molecule has 1 aliphatic rings. The monoisotopic (exact) mass is 590 g/mol. The summed E-state index contributed by atoms with van der Waals surface area (Å²) in [5.74, 6) is -0.573. The first-order valence-electron chi connectivity index (χ1n) is 12.4. The average molecular weight is 591 g/mol. The van der Waals surface area contributed by atoms with Gasteiger partial charge in [-0.2, -0.15) is 18.3 Å². The van der Waals surface area contributed by atoms with Crippen LogP contribution >= 0.6 is 11.6 Å². The Morgan fingerprint density at radius 3 is 2.76 bits per heavy atom. The fourth-order valence-corrected chi connectivity index (χ4v) is 4.60. The first-order valence-corrected chi connectivity index (χ1v) is 12.8. The third kappa shape index (κ3) is 6.45. The first-order chi connectivity index (χ1) is 19.6. The second-order valence-electron chi connectivity index (χ2n) is 9.19. The van der Waals surface area contributed by atoms with Crippen LogP contribution in [0.25, 0.3) is 16.6 Å². The van der Waals surface area contributed by atoms with Crippen LogP contribution in [-0.2, 0) is 17.5 Å². The number of nitrogens with two attached hydrogens (primary N) is 1. The molecule has 2 aromatic heterocycles. The Morgan fingerprint density at radius 1 is 1.15 bits per heavy atom. The lowest BCUT2D eigenvalue weighted by Gasteiger charge is -2.18. The molecule has 0 spiro atoms. The third-order valence-electron chi connectivity index (χ3n) is 6.40. The molecule has 3 N–H and O–H groups in total. The van der Waals surface area contributed by atoms with Crippen LogP contribution in [0, 0.1) is 5.82 Å². The number of hydrogen-bond donors (Lipinski definition) is 2. The highest BCUT2D eigenvalue weighted by molar-refractivity contribution is 6.33. The fraction of sp³-hybridized carbons (Fsp3) is 0.269. The molecule has 41 heavy (non-hydrogen) atoms. The molecule has 0 radical (unpaired) electrons. The zero-order valence-corrected chi connectivity index (χ0v) is 22.1. The SMILES string of the molecule is Nc1ncnn2c(CN3CCCOCC3)cc(-c3ccc(NC(=O)N=Nc4cc(C(F)(F)F)ccc4Cl)c(F)c3)c12. The number of hydrogen-bond acceptors (Lipinski definition) is 7. The van der Waals surface area contributed by atoms with E-state index in [0.717, 1.165) is 37.3 Å². The summed E-state index contributed by atoms with van der Waals surface area (Å²) in [4.78, 5) is 18.6. The van der Waals surface area contributed by atoms with Gasteiger partial charge in [-0.05, 0) is 48.4 Å². The van der Waals surface area contributed by atoms with Crippen LogP contribution in [0.2, 0.25) is 5.02 Å². The summed E-state index contributed by atoms with van der Waals surface area (Å²) in [6, 6.07) is 7.29. The molecule has 0 bridgehead atoms. The van der Waals surface area contributed by atoms with E-state index in [2.05, 4.69) is 30.5 Å². The lowest BCUT2D eigenvalue weighted by molar-refractivity contribution is -0.137. The van der Waals surface area contributed by atoms with Crippen LogP contribution < -0.4 is 11.1 Å². The highest BCUT2D eigenvalue weighted by Gasteiger charge is 2.31. The number of amides is 2. The predicted molar refractivity (Wildman–Crippen MR) is 143 cm³/mol. The maximum absolute atomic E-state index is 15.1. The highest BCUT2D eigenvalue weighted by atomic mass is 35.5. The van der Waals surface area contributed by atoms with Crippen molar-refractivity contribution in [2.45, 2.75) is 19.1 Å². The van der Waals surface area contributed by atoms with Crippen molar-refractivity contribution in [2.75, 3.05) is 37.4 Å². The molecular formula is C26H23ClF4N8O2. The fourth-order valence-electron chi connectivity index (χ4n) is 4.44. The summed E-state index contributed by atoms with van der Waals surface area (Å²) in [7, 11) is 0. The summed E-state index contributed by atoms with van der Waals surface area (Å²) in [5, 5.41) is 13.2. The Labute approximate surface area is 235 Å². The Morgan fingerprint density at radius 2 is 1.98 bits per heavy atom. The molecule has 214 valence electrons. The van der Waals surface area contributed by atoms with Crippen molar-refractivity contribution in [3.63, 3.8) is 0 Å². The molecule has 10 nitrogen and oxygen atoms in total. The smallest absolute Gasteiger partial charge is 0.382 e. The van der Waals surface area contributed by atoms with E-state index >= 15 is 4.39 Å². The van der Waals surface area contributed by atoms with Crippen molar-refractivity contribution in [1.29, 1.82) is 0 Å². The van der Waals surface area contributed by atoms with Crippen LogP contribution in [0.4, 0.5) is 39.5 Å². The van der Waals surface area contributed by atoms with Gasteiger partial charge in [0.2, 0.25) is 0 Å². The van der Waals surface area contributed by atoms with Crippen LogP contribution in [0.3, 0.4) is 0 Å². The number of anilines is 2. The number of aromatic nitrogens is 3. The van der Waals surface area contributed by atoms with Gasteiger partial charge in [-0.1, -0.05) is 22.8 Å². The molecule has 15 heteroatoms. The number of carbonyl (C=O) groups excluding carboxylic acids is 1. The van der Waals surface area contributed by atoms with Crippen molar-refractivity contribution in [2.24, 2.45) is 10.2 Å². The van der Waals surface area contributed by atoms with Crippen LogP contribution in [0.1, 0.15) is 17.7 Å². The summed E-state index contributed by atoms with van der Waals surface area (Å²) >= 11 is 5.87. The quantitative estimate of drug-likeness (QED) is 0.207. The molecule has 1 aliphatic heterocycles. The van der Waals surface area contributed by atoms with E-state index in [1.807, 2.05) is 6.07 Å². The standard InChI is InChI=1S/C26H23ClF4N8O2/c27-19-4-3-16(26(29,30)31)11-22(19)36-37-25(40)35-21-5-2-15(10-20(21)28)18-12-17(13-38-6-1-8-41-9-7-38)39-23(18)24(32)33-14-34-39/h2-5,10-12,14H,1,6-9,13H2,(H,35,40)(H2,32,33,34). The molecule has 1 fully saturated rings. The van der Waals surface area contributed by atoms with Crippen LogP contribution in [-0.4, -0.2) is 51.8 Å². The van der Waals surface area contributed by atoms with Gasteiger partial charge in [0.1, 0.15) is 23.3 Å². The van der Waals surface area contributed by atoms with Gasteiger partial charge >= 0.3 is 12.2 Å². The van der Waals surface area contributed by atoms with E-state index in [1.54, 1.807) is 10.6 Å². The molecule has 2 amide bonds. The number of nitrogens with zero attached hydrogens (tertiary/aromatic N) is 6. The van der Waals surface area contributed by atoms with E-state index < -0.39 is 23.6 Å². The lowest BCUT2D eigenvalue weighted by Crippen LogP contribution is -2.26. The van der Waals surface area contributed by atoms with Gasteiger partial charge in [-0.3, -0.25) is 4.90 Å². The maximum atomic E-state index is 15.1. The van der Waals surface area contributed by atoms with Crippen LogP contribution in [0.5, 0.6) is 0 Å². The van der Waals surface area contributed by atoms with E-state index in [4.69, 9.17) is 22.1 Å². The topological polar surface area (TPSA) is 122 Å². The van der Waals surface area contributed by atoms with E-state index in [9.17, 15) is 18.0 Å². The Kier molecular flexibility index (Phi) is 8.15. The number of urea groups is 1. The molecule has 4 aromatic rings. The van der Waals surface area contributed by atoms with Gasteiger partial charge in [0.15, 0.2) is 5.82 Å². The van der Waals surface area contributed by atoms with Crippen molar-refractivity contribution in [3.05, 3.63) is 70.9 Å². The lowest BCUT2D eigenvalue weighted by atomic mass is 10.1. The van der Waals surface area contributed by atoms with Crippen molar-refractivity contribution in [3.8, 4) is 11.1 Å². The summed E-state index contributed by atoms with van der Waals surface area (Å²) < 4.78 is 61.2. The number of rotatable bonds is 5. The average Bonchev–Trinajstić information content (AvgIpc) is 3.09. The molecule has 2 aromatic carbocycles. The Hall–Kier alpha value is -4.14. The second-order valence-corrected chi connectivity index (χ2v) is 9.59. The zero-order chi connectivity index (χ0) is 29.1. The van der Waals surface area contributed by atoms with E-state index in [0.29, 0.717) is 42.5 Å². The number of fused-ring (bicyclic) bond motifs is 1. The van der Waals surface area contributed by atoms with Gasteiger partial charge in [0.05, 0.1) is 28.6 Å². The molecule has 0 aliphatic carbocycles. The van der Waals surface area contributed by atoms with Crippen molar-refractivity contribution >= 4 is 40.3 Å². The molecule has 3 heterocycles. The number of azo groups is 1. The number of alkyl halides is 3. The minimum absolute atomic E-state index is 0.142. The van der Waals surface area contributed by atoms with Crippen molar-refractivity contribution < 1.29 is 27.1 Å². The molecule has 0 atom stereocenters. The molecule has 0 saturated carbocycles. The largest absolute Gasteiger partial charge is 0.416 e. The number of ether oxygens (including phenoxy) is 1. The number of halogens is 5. The minimum atomic E-state index is -4.63. The van der Waals surface area contributed by atoms with Crippen LogP contribution in [0.15, 0.2) is 59.0 Å². The van der Waals surface area contributed by atoms with Gasteiger partial charge in [-0.25, -0.2) is 18.7 Å². The number of nitrogen functional groups attached to an aromatic ring is 1. The maximum Gasteiger partial charge on any atom is 0.416 e. The summed E-state index contributed by atoms with van der Waals surface area (Å²) in [6.07, 6.45) is -2.38. The second kappa shape index (κ2) is 11.8.